The van der Waals surface area contributed by atoms with Gasteiger partial charge in [-0.15, -0.1) is 0 Å². The predicted molar refractivity (Wildman–Crippen MR) is 152 cm³/mol. The molecular weight excluding hydrogens is 597 g/mol. The Morgan fingerprint density at radius 1 is 0.632 bits per heavy atom. The van der Waals surface area contributed by atoms with Crippen LogP contribution in [-0.4, -0.2) is 83.9 Å². The van der Waals surface area contributed by atoms with Gasteiger partial charge in [-0.05, 0) is 6.42 Å². The third-order valence-corrected chi connectivity index (χ3v) is 6.49. The third kappa shape index (κ3) is 29.7. The maximum Gasteiger partial charge on any atom is 0.407 e. The van der Waals surface area contributed by atoms with Crippen LogP contribution in [0.25, 0.3) is 0 Å². The summed E-state index contributed by atoms with van der Waals surface area (Å²) >= 11 is 0. The predicted octanol–water partition coefficient (Wildman–Crippen LogP) is 3.43. The van der Waals surface area contributed by atoms with Crippen LogP contribution in [0.15, 0.2) is 0 Å². The number of amides is 2. The molecule has 1 unspecified atom stereocenters. The van der Waals surface area contributed by atoms with Gasteiger partial charge in [0.15, 0.2) is 0 Å². The van der Waals surface area contributed by atoms with Gasteiger partial charge in [-0.3, -0.25) is 0 Å². The van der Waals surface area contributed by atoms with Crippen LogP contribution in [0.5, 0.6) is 0 Å². The molecule has 9 heteroatoms. The van der Waals surface area contributed by atoms with Crippen molar-refractivity contribution in [3.63, 3.8) is 0 Å². The Kier molecular flexibility index (Phi) is 28.7. The molecular formula is C29H60IN3O5. The Morgan fingerprint density at radius 3 is 1.37 bits per heavy atom. The summed E-state index contributed by atoms with van der Waals surface area (Å²) in [4.78, 5) is 23.6. The van der Waals surface area contributed by atoms with E-state index in [1.165, 1.54) is 97.0 Å². The van der Waals surface area contributed by atoms with E-state index in [-0.39, 0.29) is 37.2 Å². The minimum Gasteiger partial charge on any atom is -1.00 e. The standard InChI is InChI=1S/C29H59N3O5.HI/c1-6-7-8-9-10-11-12-13-14-15-16-17-18-19-20-21-22-30-28(33)36-25-27(35-5)26-37-29(34)31-23-24-32(2,3)4;/h27H,6-26H2,1-5H3,(H-,30,31,33,34);1H. The molecule has 0 aromatic rings. The highest BCUT2D eigenvalue weighted by molar-refractivity contribution is 5.67. The van der Waals surface area contributed by atoms with Crippen LogP contribution in [0.2, 0.25) is 0 Å². The first-order chi connectivity index (χ1) is 17.8. The van der Waals surface area contributed by atoms with Crippen molar-refractivity contribution >= 4 is 12.2 Å². The zero-order valence-electron chi connectivity index (χ0n) is 25.3. The second kappa shape index (κ2) is 27.7. The number of methoxy groups -OCH3 is 1. The topological polar surface area (TPSA) is 85.9 Å². The van der Waals surface area contributed by atoms with Gasteiger partial charge < -0.3 is 53.3 Å². The summed E-state index contributed by atoms with van der Waals surface area (Å²) in [5.41, 5.74) is 0. The average molecular weight is 658 g/mol. The summed E-state index contributed by atoms with van der Waals surface area (Å²) in [7, 11) is 7.66. The van der Waals surface area contributed by atoms with Crippen LogP contribution in [0.4, 0.5) is 9.59 Å². The molecule has 228 valence electrons. The molecule has 1 atom stereocenters. The molecule has 0 saturated heterocycles. The first-order valence-corrected chi connectivity index (χ1v) is 14.9. The lowest BCUT2D eigenvalue weighted by molar-refractivity contribution is -0.869. The number of ether oxygens (including phenoxy) is 3. The van der Waals surface area contributed by atoms with Gasteiger partial charge in [0, 0.05) is 13.7 Å². The van der Waals surface area contributed by atoms with Crippen molar-refractivity contribution in [2.24, 2.45) is 0 Å². The monoisotopic (exact) mass is 657 g/mol. The van der Waals surface area contributed by atoms with Gasteiger partial charge in [0.05, 0.1) is 34.2 Å². The number of nitrogens with one attached hydrogen (secondary N) is 2. The Labute approximate surface area is 251 Å². The molecule has 0 rings (SSSR count). The normalized spacial score (nSPS) is 11.9. The van der Waals surface area contributed by atoms with Gasteiger partial charge in [0.2, 0.25) is 0 Å². The highest BCUT2D eigenvalue weighted by Gasteiger charge is 2.15. The van der Waals surface area contributed by atoms with Crippen molar-refractivity contribution in [3.05, 3.63) is 0 Å². The van der Waals surface area contributed by atoms with E-state index < -0.39 is 18.3 Å². The van der Waals surface area contributed by atoms with E-state index in [4.69, 9.17) is 14.2 Å². The molecule has 0 heterocycles. The van der Waals surface area contributed by atoms with Crippen LogP contribution < -0.4 is 34.6 Å². The first kappa shape index (κ1) is 39.3. The van der Waals surface area contributed by atoms with E-state index in [1.54, 1.807) is 0 Å². The lowest BCUT2D eigenvalue weighted by Gasteiger charge is -2.23. The number of likely N-dealkylation sites (N-methyl/N-ethyl adjacent to an activating group) is 1. The lowest BCUT2D eigenvalue weighted by Crippen LogP contribution is -3.00. The van der Waals surface area contributed by atoms with Crippen molar-refractivity contribution in [2.75, 3.05) is 61.1 Å². The summed E-state index contributed by atoms with van der Waals surface area (Å²) < 4.78 is 16.3. The number of unbranched alkanes of at least 4 members (excludes halogenated alkanes) is 15. The highest BCUT2D eigenvalue weighted by atomic mass is 127. The highest BCUT2D eigenvalue weighted by Crippen LogP contribution is 2.13. The number of halogens is 1. The molecule has 38 heavy (non-hydrogen) atoms. The molecule has 0 aliphatic carbocycles. The van der Waals surface area contributed by atoms with E-state index in [9.17, 15) is 9.59 Å². The maximum absolute atomic E-state index is 11.9. The molecule has 0 bridgehead atoms. The molecule has 0 aliphatic heterocycles. The molecule has 2 amide bonds. The molecule has 0 spiro atoms. The molecule has 0 aromatic heterocycles. The summed E-state index contributed by atoms with van der Waals surface area (Å²) in [6.07, 6.45) is 19.8. The summed E-state index contributed by atoms with van der Waals surface area (Å²) in [6, 6.07) is 0. The summed E-state index contributed by atoms with van der Waals surface area (Å²) in [5.74, 6) is 0. The van der Waals surface area contributed by atoms with Crippen LogP contribution in [0.1, 0.15) is 110 Å². The number of hydrogen-bond donors (Lipinski definition) is 2. The van der Waals surface area contributed by atoms with Crippen LogP contribution in [-0.2, 0) is 14.2 Å². The Morgan fingerprint density at radius 2 is 1.00 bits per heavy atom. The quantitative estimate of drug-likeness (QED) is 0.0894. The lowest BCUT2D eigenvalue weighted by atomic mass is 10.0. The Hall–Kier alpha value is -0.810. The molecule has 2 N–H and O–H groups in total. The van der Waals surface area contributed by atoms with Crippen molar-refractivity contribution in [2.45, 2.75) is 116 Å². The molecule has 0 fully saturated rings. The van der Waals surface area contributed by atoms with Gasteiger partial charge in [-0.1, -0.05) is 103 Å². The number of nitrogens with zero attached hydrogens (tertiary/aromatic N) is 1. The minimum absolute atomic E-state index is 0. The zero-order valence-corrected chi connectivity index (χ0v) is 27.5. The number of hydrogen-bond acceptors (Lipinski definition) is 5. The maximum atomic E-state index is 11.9. The fraction of sp³-hybridized carbons (Fsp3) is 0.931. The van der Waals surface area contributed by atoms with Crippen molar-refractivity contribution < 1.29 is 52.3 Å². The number of carbonyl (C=O) groups is 2. The minimum atomic E-state index is -0.497. The van der Waals surface area contributed by atoms with E-state index >= 15 is 0 Å². The van der Waals surface area contributed by atoms with Crippen LogP contribution in [0, 0.1) is 0 Å². The summed E-state index contributed by atoms with van der Waals surface area (Å²) in [5, 5.41) is 5.49. The largest absolute Gasteiger partial charge is 1.00 e. The third-order valence-electron chi connectivity index (χ3n) is 6.49. The van der Waals surface area contributed by atoms with Gasteiger partial charge in [0.1, 0.15) is 19.3 Å². The molecule has 0 aromatic carbocycles. The smallest absolute Gasteiger partial charge is 0.407 e. The summed E-state index contributed by atoms with van der Waals surface area (Å²) in [6.45, 7) is 4.27. The number of alkyl carbamates (subject to hydrolysis) is 2. The van der Waals surface area contributed by atoms with E-state index in [0.29, 0.717) is 13.1 Å². The Bertz CT molecular complexity index is 547. The second-order valence-electron chi connectivity index (χ2n) is 11.2. The Balaban J connectivity index is 0. The fourth-order valence-electron chi connectivity index (χ4n) is 3.98. The molecule has 0 aliphatic rings. The fourth-order valence-corrected chi connectivity index (χ4v) is 3.98. The van der Waals surface area contributed by atoms with Gasteiger partial charge in [0.25, 0.3) is 0 Å². The van der Waals surface area contributed by atoms with Crippen molar-refractivity contribution in [3.8, 4) is 0 Å². The van der Waals surface area contributed by atoms with E-state index in [0.717, 1.165) is 23.9 Å². The van der Waals surface area contributed by atoms with Crippen LogP contribution in [0.3, 0.4) is 0 Å². The van der Waals surface area contributed by atoms with Gasteiger partial charge in [-0.2, -0.15) is 0 Å². The average Bonchev–Trinajstić information content (AvgIpc) is 2.85. The zero-order chi connectivity index (χ0) is 27.6. The molecule has 0 saturated carbocycles. The van der Waals surface area contributed by atoms with Crippen molar-refractivity contribution in [1.29, 1.82) is 0 Å². The molecule has 0 radical (unpaired) electrons. The number of quaternary nitrogens is 1. The number of rotatable bonds is 25. The second-order valence-corrected chi connectivity index (χ2v) is 11.2. The van der Waals surface area contributed by atoms with Crippen molar-refractivity contribution in [1.82, 2.24) is 10.6 Å². The number of carbonyl (C=O) groups excluding carboxylic acids is 2. The SMILES string of the molecule is CCCCCCCCCCCCCCCCCCNC(=O)OCC(COC(=O)NCC[N+](C)(C)C)OC.[I-]. The van der Waals surface area contributed by atoms with Gasteiger partial charge >= 0.3 is 12.2 Å². The van der Waals surface area contributed by atoms with Crippen LogP contribution >= 0.6 is 0 Å². The molecule has 8 nitrogen and oxygen atoms in total. The first-order valence-electron chi connectivity index (χ1n) is 14.9. The van der Waals surface area contributed by atoms with Gasteiger partial charge in [-0.25, -0.2) is 9.59 Å². The van der Waals surface area contributed by atoms with E-state index in [2.05, 4.69) is 38.7 Å². The van der Waals surface area contributed by atoms with E-state index in [1.807, 2.05) is 0 Å².